The van der Waals surface area contributed by atoms with Gasteiger partial charge in [0.1, 0.15) is 0 Å². The lowest BCUT2D eigenvalue weighted by Crippen LogP contribution is -1.96. The standard InChI is InChI=1S/C6H4Br2O2S2/c7-3-1-4(8)12-6(3)11-2-5(9)10/h1H,2H2,(H,9,10). The minimum atomic E-state index is -0.795. The topological polar surface area (TPSA) is 37.3 Å². The molecule has 0 aromatic carbocycles. The Labute approximate surface area is 94.6 Å². The first-order chi connectivity index (χ1) is 5.59. The molecule has 1 aromatic rings. The molecule has 1 N–H and O–H groups in total. The Morgan fingerprint density at radius 3 is 2.75 bits per heavy atom. The summed E-state index contributed by atoms with van der Waals surface area (Å²) in [6, 6.07) is 1.91. The van der Waals surface area contributed by atoms with Gasteiger partial charge in [0.15, 0.2) is 0 Å². The van der Waals surface area contributed by atoms with Crippen LogP contribution in [0.2, 0.25) is 0 Å². The molecule has 0 fully saturated rings. The Bertz CT molecular complexity index is 298. The Kier molecular flexibility index (Phi) is 4.09. The third-order valence-electron chi connectivity index (χ3n) is 0.952. The molecular formula is C6H4Br2O2S2. The molecule has 0 atom stereocenters. The van der Waals surface area contributed by atoms with Crippen LogP contribution in [0.15, 0.2) is 18.5 Å². The number of rotatable bonds is 3. The molecule has 0 unspecified atom stereocenters. The van der Waals surface area contributed by atoms with E-state index in [1.54, 1.807) is 0 Å². The fourth-order valence-electron chi connectivity index (χ4n) is 0.551. The zero-order valence-corrected chi connectivity index (χ0v) is 10.5. The first-order valence-corrected chi connectivity index (χ1v) is 6.28. The van der Waals surface area contributed by atoms with Gasteiger partial charge >= 0.3 is 5.97 Å². The van der Waals surface area contributed by atoms with Gasteiger partial charge in [0, 0.05) is 4.47 Å². The largest absolute Gasteiger partial charge is 0.481 e. The number of thiophene rings is 1. The van der Waals surface area contributed by atoms with Crippen LogP contribution in [-0.4, -0.2) is 16.8 Å². The Morgan fingerprint density at radius 2 is 2.33 bits per heavy atom. The van der Waals surface area contributed by atoms with Crippen molar-refractivity contribution in [2.24, 2.45) is 0 Å². The van der Waals surface area contributed by atoms with Gasteiger partial charge in [-0.1, -0.05) is 0 Å². The van der Waals surface area contributed by atoms with Crippen molar-refractivity contribution in [3.63, 3.8) is 0 Å². The van der Waals surface area contributed by atoms with E-state index in [9.17, 15) is 4.79 Å². The molecule has 1 heterocycles. The lowest BCUT2D eigenvalue weighted by molar-refractivity contribution is -0.133. The number of halogens is 2. The van der Waals surface area contributed by atoms with Gasteiger partial charge in [-0.05, 0) is 37.9 Å². The summed E-state index contributed by atoms with van der Waals surface area (Å²) in [7, 11) is 0. The molecule has 0 saturated carbocycles. The van der Waals surface area contributed by atoms with Crippen molar-refractivity contribution in [3.05, 3.63) is 14.3 Å². The van der Waals surface area contributed by atoms with Gasteiger partial charge in [-0.15, -0.1) is 23.1 Å². The van der Waals surface area contributed by atoms with Crippen molar-refractivity contribution in [2.75, 3.05) is 5.75 Å². The first kappa shape index (κ1) is 10.6. The van der Waals surface area contributed by atoms with Gasteiger partial charge in [0.25, 0.3) is 0 Å². The SMILES string of the molecule is O=C(O)CSc1sc(Br)cc1Br. The normalized spacial score (nSPS) is 10.2. The van der Waals surface area contributed by atoms with Crippen molar-refractivity contribution >= 4 is 60.9 Å². The van der Waals surface area contributed by atoms with Crippen molar-refractivity contribution in [2.45, 2.75) is 4.21 Å². The fraction of sp³-hybridized carbons (Fsp3) is 0.167. The number of carboxylic acids is 1. The molecule has 0 aliphatic carbocycles. The molecule has 0 aliphatic heterocycles. The van der Waals surface area contributed by atoms with Gasteiger partial charge in [0.2, 0.25) is 0 Å². The average Bonchev–Trinajstić information content (AvgIpc) is 2.26. The van der Waals surface area contributed by atoms with E-state index in [-0.39, 0.29) is 5.75 Å². The summed E-state index contributed by atoms with van der Waals surface area (Å²) in [5.74, 6) is -0.692. The van der Waals surface area contributed by atoms with Gasteiger partial charge in [-0.2, -0.15) is 0 Å². The Hall–Kier alpha value is 0.480. The average molecular weight is 332 g/mol. The van der Waals surface area contributed by atoms with Gasteiger partial charge in [-0.3, -0.25) is 4.79 Å². The van der Waals surface area contributed by atoms with E-state index >= 15 is 0 Å². The molecule has 0 spiro atoms. The van der Waals surface area contributed by atoms with Crippen molar-refractivity contribution < 1.29 is 9.90 Å². The summed E-state index contributed by atoms with van der Waals surface area (Å²) in [5.41, 5.74) is 0. The van der Waals surface area contributed by atoms with Crippen LogP contribution in [0.3, 0.4) is 0 Å². The van der Waals surface area contributed by atoms with Gasteiger partial charge in [0.05, 0.1) is 13.7 Å². The molecule has 2 nitrogen and oxygen atoms in total. The Morgan fingerprint density at radius 1 is 1.67 bits per heavy atom. The maximum Gasteiger partial charge on any atom is 0.313 e. The zero-order chi connectivity index (χ0) is 9.14. The summed E-state index contributed by atoms with van der Waals surface area (Å²) in [6.07, 6.45) is 0. The minimum Gasteiger partial charge on any atom is -0.481 e. The fourth-order valence-corrected chi connectivity index (χ4v) is 4.50. The maximum atomic E-state index is 10.2. The van der Waals surface area contributed by atoms with E-state index in [0.29, 0.717) is 0 Å². The van der Waals surface area contributed by atoms with E-state index in [2.05, 4.69) is 31.9 Å². The number of aliphatic carboxylic acids is 1. The highest BCUT2D eigenvalue weighted by atomic mass is 79.9. The lowest BCUT2D eigenvalue weighted by Gasteiger charge is -1.92. The molecule has 12 heavy (non-hydrogen) atoms. The van der Waals surface area contributed by atoms with Crippen LogP contribution in [0.4, 0.5) is 0 Å². The molecule has 0 aliphatic rings. The number of thioether (sulfide) groups is 1. The number of hydrogen-bond acceptors (Lipinski definition) is 3. The molecule has 0 bridgehead atoms. The molecule has 1 rings (SSSR count). The maximum absolute atomic E-state index is 10.2. The first-order valence-electron chi connectivity index (χ1n) is 2.89. The number of carboxylic acid groups (broad SMARTS) is 1. The van der Waals surface area contributed by atoms with E-state index in [0.717, 1.165) is 12.5 Å². The molecule has 6 heteroatoms. The quantitative estimate of drug-likeness (QED) is 0.862. The van der Waals surface area contributed by atoms with Crippen LogP contribution in [0.25, 0.3) is 0 Å². The van der Waals surface area contributed by atoms with E-state index < -0.39 is 5.97 Å². The molecule has 0 amide bonds. The van der Waals surface area contributed by atoms with E-state index in [1.807, 2.05) is 6.07 Å². The summed E-state index contributed by atoms with van der Waals surface area (Å²) in [5, 5.41) is 8.43. The lowest BCUT2D eigenvalue weighted by atomic mass is 10.7. The second kappa shape index (κ2) is 4.64. The van der Waals surface area contributed by atoms with Gasteiger partial charge in [-0.25, -0.2) is 0 Å². The predicted molar refractivity (Wildman–Crippen MR) is 58.1 cm³/mol. The van der Waals surface area contributed by atoms with Gasteiger partial charge < -0.3 is 5.11 Å². The van der Waals surface area contributed by atoms with Crippen LogP contribution >= 0.6 is 55.0 Å². The van der Waals surface area contributed by atoms with Crippen LogP contribution < -0.4 is 0 Å². The molecule has 0 saturated heterocycles. The summed E-state index contributed by atoms with van der Waals surface area (Å²) >= 11 is 9.50. The molecular weight excluding hydrogens is 328 g/mol. The van der Waals surface area contributed by atoms with Crippen molar-refractivity contribution in [3.8, 4) is 0 Å². The highest BCUT2D eigenvalue weighted by Crippen LogP contribution is 2.38. The number of carbonyl (C=O) groups is 1. The molecule has 66 valence electrons. The molecule has 1 aromatic heterocycles. The van der Waals surface area contributed by atoms with Crippen molar-refractivity contribution in [1.29, 1.82) is 0 Å². The predicted octanol–water partition coefficient (Wildman–Crippen LogP) is 3.45. The minimum absolute atomic E-state index is 0.103. The van der Waals surface area contributed by atoms with E-state index in [1.165, 1.54) is 23.1 Å². The Balaban J connectivity index is 2.62. The third-order valence-corrected chi connectivity index (χ3v) is 5.01. The number of hydrogen-bond donors (Lipinski definition) is 1. The smallest absolute Gasteiger partial charge is 0.313 e. The van der Waals surface area contributed by atoms with Crippen molar-refractivity contribution in [1.82, 2.24) is 0 Å². The van der Waals surface area contributed by atoms with E-state index in [4.69, 9.17) is 5.11 Å². The third kappa shape index (κ3) is 3.08. The highest BCUT2D eigenvalue weighted by molar-refractivity contribution is 9.11. The zero-order valence-electron chi connectivity index (χ0n) is 5.71. The summed E-state index contributed by atoms with van der Waals surface area (Å²) in [4.78, 5) is 10.2. The second-order valence-electron chi connectivity index (χ2n) is 1.87. The van der Waals surface area contributed by atoms with Crippen LogP contribution in [0.5, 0.6) is 0 Å². The summed E-state index contributed by atoms with van der Waals surface area (Å²) < 4.78 is 2.94. The second-order valence-corrected chi connectivity index (χ2v) is 6.40. The molecule has 0 radical (unpaired) electrons. The summed E-state index contributed by atoms with van der Waals surface area (Å²) in [6.45, 7) is 0. The van der Waals surface area contributed by atoms with Crippen LogP contribution in [0, 0.1) is 0 Å². The van der Waals surface area contributed by atoms with Crippen LogP contribution in [0.1, 0.15) is 0 Å². The highest BCUT2D eigenvalue weighted by Gasteiger charge is 2.07. The monoisotopic (exact) mass is 330 g/mol. The van der Waals surface area contributed by atoms with Crippen LogP contribution in [-0.2, 0) is 4.79 Å².